The second-order valence-electron chi connectivity index (χ2n) is 3.93. The van der Waals surface area contributed by atoms with Crippen LogP contribution in [-0.2, 0) is 6.61 Å². The number of para-hydroxylation sites is 2. The number of benzene rings is 2. The first-order valence-corrected chi connectivity index (χ1v) is 5.57. The Balaban J connectivity index is 2.12. The third-order valence-electron chi connectivity index (χ3n) is 2.59. The van der Waals surface area contributed by atoms with E-state index < -0.39 is 11.7 Å². The molecule has 19 heavy (non-hydrogen) atoms. The van der Waals surface area contributed by atoms with Crippen molar-refractivity contribution in [1.82, 2.24) is 0 Å². The van der Waals surface area contributed by atoms with E-state index in [1.165, 1.54) is 18.2 Å². The Bertz CT molecular complexity index is 613. The van der Waals surface area contributed by atoms with Crippen LogP contribution in [0, 0.1) is 5.82 Å². The fourth-order valence-electron chi connectivity index (χ4n) is 1.55. The van der Waals surface area contributed by atoms with Crippen molar-refractivity contribution in [2.24, 2.45) is 5.73 Å². The monoisotopic (exact) mass is 261 g/mol. The number of rotatable bonds is 4. The SMILES string of the molecule is NC(=O)c1ccc(COc2ccccc2O)c(F)c1. The number of amides is 1. The van der Waals surface area contributed by atoms with E-state index in [-0.39, 0.29) is 29.2 Å². The van der Waals surface area contributed by atoms with Gasteiger partial charge < -0.3 is 15.6 Å². The van der Waals surface area contributed by atoms with Gasteiger partial charge in [0.2, 0.25) is 5.91 Å². The highest BCUT2D eigenvalue weighted by Crippen LogP contribution is 2.25. The molecule has 5 heteroatoms. The molecule has 2 aromatic rings. The number of aromatic hydroxyl groups is 1. The van der Waals surface area contributed by atoms with Crippen molar-refractivity contribution in [2.75, 3.05) is 0 Å². The van der Waals surface area contributed by atoms with Gasteiger partial charge in [-0.1, -0.05) is 18.2 Å². The minimum atomic E-state index is -0.688. The Hall–Kier alpha value is -2.56. The minimum absolute atomic E-state index is 0.0170. The van der Waals surface area contributed by atoms with Gasteiger partial charge in [0, 0.05) is 11.1 Å². The topological polar surface area (TPSA) is 72.6 Å². The Morgan fingerprint density at radius 3 is 2.63 bits per heavy atom. The van der Waals surface area contributed by atoms with E-state index >= 15 is 0 Å². The summed E-state index contributed by atoms with van der Waals surface area (Å²) in [5.74, 6) is -1.02. The average Bonchev–Trinajstić information content (AvgIpc) is 2.39. The predicted octanol–water partition coefficient (Wildman–Crippen LogP) is 2.21. The van der Waals surface area contributed by atoms with Crippen molar-refractivity contribution in [3.8, 4) is 11.5 Å². The summed E-state index contributed by atoms with van der Waals surface area (Å²) in [5, 5.41) is 9.49. The molecule has 0 fully saturated rings. The second kappa shape index (κ2) is 5.39. The summed E-state index contributed by atoms with van der Waals surface area (Å²) >= 11 is 0. The summed E-state index contributed by atoms with van der Waals surface area (Å²) in [5.41, 5.74) is 5.42. The van der Waals surface area contributed by atoms with Gasteiger partial charge in [-0.25, -0.2) is 4.39 Å². The normalized spacial score (nSPS) is 10.2. The molecular weight excluding hydrogens is 249 g/mol. The maximum Gasteiger partial charge on any atom is 0.248 e. The van der Waals surface area contributed by atoms with Gasteiger partial charge in [-0.3, -0.25) is 4.79 Å². The molecule has 1 amide bonds. The number of phenolic OH excluding ortho intramolecular Hbond substituents is 1. The van der Waals surface area contributed by atoms with Crippen LogP contribution in [0.25, 0.3) is 0 Å². The van der Waals surface area contributed by atoms with Gasteiger partial charge in [-0.2, -0.15) is 0 Å². The van der Waals surface area contributed by atoms with Crippen LogP contribution >= 0.6 is 0 Å². The number of hydrogen-bond donors (Lipinski definition) is 2. The van der Waals surface area contributed by atoms with E-state index in [4.69, 9.17) is 10.5 Å². The molecule has 2 aromatic carbocycles. The van der Waals surface area contributed by atoms with Crippen LogP contribution in [0.1, 0.15) is 15.9 Å². The lowest BCUT2D eigenvalue weighted by molar-refractivity contribution is 0.0999. The first-order chi connectivity index (χ1) is 9.08. The van der Waals surface area contributed by atoms with Crippen molar-refractivity contribution in [1.29, 1.82) is 0 Å². The number of carbonyl (C=O) groups is 1. The molecule has 0 heterocycles. The maximum absolute atomic E-state index is 13.7. The number of halogens is 1. The van der Waals surface area contributed by atoms with Crippen LogP contribution in [0.4, 0.5) is 4.39 Å². The Morgan fingerprint density at radius 1 is 1.26 bits per heavy atom. The van der Waals surface area contributed by atoms with Crippen LogP contribution in [0.2, 0.25) is 0 Å². The lowest BCUT2D eigenvalue weighted by Gasteiger charge is -2.09. The molecule has 0 saturated carbocycles. The minimum Gasteiger partial charge on any atom is -0.504 e. The highest BCUT2D eigenvalue weighted by atomic mass is 19.1. The molecule has 0 bridgehead atoms. The molecule has 3 N–H and O–H groups in total. The fraction of sp³-hybridized carbons (Fsp3) is 0.0714. The summed E-state index contributed by atoms with van der Waals surface area (Å²) in [6.45, 7) is -0.0531. The van der Waals surface area contributed by atoms with Crippen LogP contribution in [0.5, 0.6) is 11.5 Å². The molecular formula is C14H12FNO3. The van der Waals surface area contributed by atoms with Crippen LogP contribution in [0.3, 0.4) is 0 Å². The van der Waals surface area contributed by atoms with E-state index in [9.17, 15) is 14.3 Å². The van der Waals surface area contributed by atoms with E-state index in [1.807, 2.05) is 0 Å². The Kier molecular flexibility index (Phi) is 3.66. The Morgan fingerprint density at radius 2 is 2.00 bits per heavy atom. The lowest BCUT2D eigenvalue weighted by Crippen LogP contribution is -2.11. The number of primary amides is 1. The highest BCUT2D eigenvalue weighted by Gasteiger charge is 2.08. The Labute approximate surface area is 109 Å². The molecule has 0 aliphatic heterocycles. The predicted molar refractivity (Wildman–Crippen MR) is 67.4 cm³/mol. The van der Waals surface area contributed by atoms with E-state index in [0.29, 0.717) is 0 Å². The van der Waals surface area contributed by atoms with Crippen molar-refractivity contribution < 1.29 is 19.0 Å². The number of ether oxygens (including phenoxy) is 1. The van der Waals surface area contributed by atoms with Crippen molar-refractivity contribution in [3.05, 3.63) is 59.4 Å². The molecule has 0 aliphatic rings. The summed E-state index contributed by atoms with van der Waals surface area (Å²) in [7, 11) is 0. The molecule has 98 valence electrons. The third-order valence-corrected chi connectivity index (χ3v) is 2.59. The van der Waals surface area contributed by atoms with Crippen LogP contribution in [-0.4, -0.2) is 11.0 Å². The molecule has 0 radical (unpaired) electrons. The van der Waals surface area contributed by atoms with Gasteiger partial charge in [-0.15, -0.1) is 0 Å². The van der Waals surface area contributed by atoms with Crippen molar-refractivity contribution in [2.45, 2.75) is 6.61 Å². The van der Waals surface area contributed by atoms with Crippen molar-refractivity contribution >= 4 is 5.91 Å². The highest BCUT2D eigenvalue weighted by molar-refractivity contribution is 5.92. The first kappa shape index (κ1) is 12.9. The molecule has 0 unspecified atom stereocenters. The summed E-state index contributed by atoms with van der Waals surface area (Å²) in [6.07, 6.45) is 0. The molecule has 0 spiro atoms. The van der Waals surface area contributed by atoms with E-state index in [0.717, 1.165) is 6.07 Å². The number of phenols is 1. The molecule has 0 atom stereocenters. The van der Waals surface area contributed by atoms with Gasteiger partial charge >= 0.3 is 0 Å². The van der Waals surface area contributed by atoms with Gasteiger partial charge in [0.15, 0.2) is 11.5 Å². The summed E-state index contributed by atoms with van der Waals surface area (Å²) in [4.78, 5) is 10.9. The molecule has 2 rings (SSSR count). The van der Waals surface area contributed by atoms with E-state index in [2.05, 4.69) is 0 Å². The quantitative estimate of drug-likeness (QED) is 0.886. The summed E-state index contributed by atoms with van der Waals surface area (Å²) < 4.78 is 19.0. The third kappa shape index (κ3) is 3.01. The fourth-order valence-corrected chi connectivity index (χ4v) is 1.55. The van der Waals surface area contributed by atoms with Gasteiger partial charge in [0.1, 0.15) is 12.4 Å². The van der Waals surface area contributed by atoms with E-state index in [1.54, 1.807) is 18.2 Å². The first-order valence-electron chi connectivity index (χ1n) is 5.57. The smallest absolute Gasteiger partial charge is 0.248 e. The lowest BCUT2D eigenvalue weighted by atomic mass is 10.1. The van der Waals surface area contributed by atoms with Crippen molar-refractivity contribution in [3.63, 3.8) is 0 Å². The molecule has 4 nitrogen and oxygen atoms in total. The van der Waals surface area contributed by atoms with Crippen LogP contribution in [0.15, 0.2) is 42.5 Å². The van der Waals surface area contributed by atoms with Gasteiger partial charge in [0.05, 0.1) is 0 Å². The zero-order chi connectivity index (χ0) is 13.8. The maximum atomic E-state index is 13.7. The molecule has 0 aliphatic carbocycles. The van der Waals surface area contributed by atoms with Gasteiger partial charge in [0.25, 0.3) is 0 Å². The second-order valence-corrected chi connectivity index (χ2v) is 3.93. The standard InChI is InChI=1S/C14H12FNO3/c15-11-7-9(14(16)18)5-6-10(11)8-19-13-4-2-1-3-12(13)17/h1-7,17H,8H2,(H2,16,18). The van der Waals surface area contributed by atoms with Crippen LogP contribution < -0.4 is 10.5 Å². The number of hydrogen-bond acceptors (Lipinski definition) is 3. The number of nitrogens with two attached hydrogens (primary N) is 1. The zero-order valence-corrected chi connectivity index (χ0v) is 9.97. The molecule has 0 saturated heterocycles. The van der Waals surface area contributed by atoms with Gasteiger partial charge in [-0.05, 0) is 24.3 Å². The number of carbonyl (C=O) groups excluding carboxylic acids is 1. The molecule has 0 aromatic heterocycles. The largest absolute Gasteiger partial charge is 0.504 e. The zero-order valence-electron chi connectivity index (χ0n) is 9.97. The summed E-state index contributed by atoms with van der Waals surface area (Å²) in [6, 6.07) is 10.3. The average molecular weight is 261 g/mol.